The van der Waals surface area contributed by atoms with Crippen molar-refractivity contribution < 1.29 is 0 Å². The fourth-order valence-electron chi connectivity index (χ4n) is 4.01. The van der Waals surface area contributed by atoms with Gasteiger partial charge in [-0.15, -0.1) is 10.2 Å². The highest BCUT2D eigenvalue weighted by Gasteiger charge is 2.33. The summed E-state index contributed by atoms with van der Waals surface area (Å²) in [6.07, 6.45) is 9.46. The predicted molar refractivity (Wildman–Crippen MR) is 110 cm³/mol. The van der Waals surface area contributed by atoms with Gasteiger partial charge in [0.2, 0.25) is 0 Å². The van der Waals surface area contributed by atoms with Gasteiger partial charge < -0.3 is 9.47 Å². The molecule has 5 nitrogen and oxygen atoms in total. The first kappa shape index (κ1) is 18.4. The summed E-state index contributed by atoms with van der Waals surface area (Å²) in [7, 11) is 4.21. The fraction of sp³-hybridized carbons (Fsp3) is 0.545. The summed E-state index contributed by atoms with van der Waals surface area (Å²) in [5, 5.41) is 9.18. The molecule has 1 aromatic carbocycles. The van der Waals surface area contributed by atoms with Crippen molar-refractivity contribution in [1.29, 1.82) is 0 Å². The molecule has 2 fully saturated rings. The molecule has 2 heterocycles. The van der Waals surface area contributed by atoms with Crippen molar-refractivity contribution in [1.82, 2.24) is 24.6 Å². The topological polar surface area (TPSA) is 37.2 Å². The van der Waals surface area contributed by atoms with E-state index in [1.807, 2.05) is 0 Å². The second-order valence-electron chi connectivity index (χ2n) is 8.20. The van der Waals surface area contributed by atoms with Crippen LogP contribution in [0.4, 0.5) is 0 Å². The molecule has 144 valence electrons. The molecule has 4 rings (SSSR count). The van der Waals surface area contributed by atoms with Crippen molar-refractivity contribution in [3.05, 3.63) is 53.6 Å². The number of piperidine rings is 1. The zero-order valence-corrected chi connectivity index (χ0v) is 16.6. The van der Waals surface area contributed by atoms with Gasteiger partial charge in [0.15, 0.2) is 0 Å². The van der Waals surface area contributed by atoms with Crippen LogP contribution < -0.4 is 0 Å². The molecule has 0 atom stereocenters. The fourth-order valence-corrected chi connectivity index (χ4v) is 4.01. The van der Waals surface area contributed by atoms with Crippen LogP contribution in [0.15, 0.2) is 36.4 Å². The first-order valence-electron chi connectivity index (χ1n) is 10.2. The van der Waals surface area contributed by atoms with Crippen molar-refractivity contribution >= 4 is 6.08 Å². The highest BCUT2D eigenvalue weighted by atomic mass is 15.3. The standard InChI is InChI=1S/C22H31N5/c1-25(2)17-21-23-24-22(27(21)20-10-11-20)19-12-15-26(16-13-19)14-6-9-18-7-4-3-5-8-18/h3-9,19-20H,10-17H2,1-2H3. The largest absolute Gasteiger partial charge is 0.311 e. The smallest absolute Gasteiger partial charge is 0.147 e. The number of nitrogens with zero attached hydrogens (tertiary/aromatic N) is 5. The summed E-state index contributed by atoms with van der Waals surface area (Å²) in [6, 6.07) is 11.2. The van der Waals surface area contributed by atoms with E-state index in [1.54, 1.807) is 0 Å². The SMILES string of the molecule is CN(C)Cc1nnc(C2CCN(CC=Cc3ccccc3)CC2)n1C1CC1. The number of aromatic nitrogens is 3. The van der Waals surface area contributed by atoms with Gasteiger partial charge in [-0.2, -0.15) is 0 Å². The van der Waals surface area contributed by atoms with Crippen molar-refractivity contribution in [3.63, 3.8) is 0 Å². The maximum atomic E-state index is 4.63. The highest BCUT2D eigenvalue weighted by molar-refractivity contribution is 5.48. The van der Waals surface area contributed by atoms with E-state index in [0.29, 0.717) is 12.0 Å². The Morgan fingerprint density at radius 3 is 2.44 bits per heavy atom. The Kier molecular flexibility index (Phi) is 5.69. The van der Waals surface area contributed by atoms with E-state index in [9.17, 15) is 0 Å². The molecule has 1 saturated carbocycles. The zero-order chi connectivity index (χ0) is 18.6. The van der Waals surface area contributed by atoms with Gasteiger partial charge >= 0.3 is 0 Å². The molecule has 0 unspecified atom stereocenters. The number of likely N-dealkylation sites (tertiary alicyclic amines) is 1. The average Bonchev–Trinajstić information content (AvgIpc) is 3.43. The molecule has 5 heteroatoms. The predicted octanol–water partition coefficient (Wildman–Crippen LogP) is 3.57. The molecule has 2 aromatic rings. The molecule has 2 aliphatic rings. The Balaban J connectivity index is 1.34. The Hall–Kier alpha value is -1.98. The van der Waals surface area contributed by atoms with Crippen LogP contribution >= 0.6 is 0 Å². The van der Waals surface area contributed by atoms with Crippen LogP contribution in [0.3, 0.4) is 0 Å². The number of rotatable bonds is 7. The zero-order valence-electron chi connectivity index (χ0n) is 16.6. The van der Waals surface area contributed by atoms with Gasteiger partial charge in [-0.05, 0) is 58.4 Å². The van der Waals surface area contributed by atoms with E-state index < -0.39 is 0 Å². The maximum Gasteiger partial charge on any atom is 0.147 e. The molecule has 1 aliphatic carbocycles. The molecule has 1 saturated heterocycles. The Bertz CT molecular complexity index is 752. The molecule has 0 amide bonds. The van der Waals surface area contributed by atoms with E-state index >= 15 is 0 Å². The lowest BCUT2D eigenvalue weighted by Crippen LogP contribution is -2.34. The lowest BCUT2D eigenvalue weighted by Gasteiger charge is -2.31. The summed E-state index contributed by atoms with van der Waals surface area (Å²) in [5.41, 5.74) is 1.28. The van der Waals surface area contributed by atoms with Crippen LogP contribution in [0.1, 0.15) is 54.9 Å². The molecular weight excluding hydrogens is 334 g/mol. The van der Waals surface area contributed by atoms with Gasteiger partial charge in [-0.3, -0.25) is 4.90 Å². The van der Waals surface area contributed by atoms with E-state index in [0.717, 1.165) is 32.0 Å². The summed E-state index contributed by atoms with van der Waals surface area (Å²) in [5.74, 6) is 2.95. The van der Waals surface area contributed by atoms with E-state index in [1.165, 1.54) is 37.1 Å². The minimum atomic E-state index is 0.559. The molecular formula is C22H31N5. The number of hydrogen-bond donors (Lipinski definition) is 0. The van der Waals surface area contributed by atoms with Gasteiger partial charge in [-0.1, -0.05) is 42.5 Å². The van der Waals surface area contributed by atoms with Gasteiger partial charge in [0.25, 0.3) is 0 Å². The van der Waals surface area contributed by atoms with Crippen LogP contribution in [-0.2, 0) is 6.54 Å². The molecule has 0 N–H and O–H groups in total. The van der Waals surface area contributed by atoms with Crippen LogP contribution in [0, 0.1) is 0 Å². The van der Waals surface area contributed by atoms with Gasteiger partial charge in [0, 0.05) is 18.5 Å². The average molecular weight is 366 g/mol. The van der Waals surface area contributed by atoms with Crippen molar-refractivity contribution in [2.75, 3.05) is 33.7 Å². The Morgan fingerprint density at radius 2 is 1.78 bits per heavy atom. The summed E-state index contributed by atoms with van der Waals surface area (Å²) in [4.78, 5) is 4.74. The van der Waals surface area contributed by atoms with Crippen LogP contribution in [-0.4, -0.2) is 58.3 Å². The normalized spacial score (nSPS) is 19.4. The van der Waals surface area contributed by atoms with Crippen LogP contribution in [0.2, 0.25) is 0 Å². The van der Waals surface area contributed by atoms with Crippen molar-refractivity contribution in [2.45, 2.75) is 44.2 Å². The van der Waals surface area contributed by atoms with E-state index in [-0.39, 0.29) is 0 Å². The second kappa shape index (κ2) is 8.36. The molecule has 0 bridgehead atoms. The molecule has 27 heavy (non-hydrogen) atoms. The minimum absolute atomic E-state index is 0.559. The Labute approximate surface area is 162 Å². The number of hydrogen-bond acceptors (Lipinski definition) is 4. The van der Waals surface area contributed by atoms with Crippen LogP contribution in [0.5, 0.6) is 0 Å². The first-order chi connectivity index (χ1) is 13.2. The van der Waals surface area contributed by atoms with E-state index in [4.69, 9.17) is 0 Å². The van der Waals surface area contributed by atoms with Gasteiger partial charge in [0.05, 0.1) is 6.54 Å². The lowest BCUT2D eigenvalue weighted by atomic mass is 9.95. The van der Waals surface area contributed by atoms with Gasteiger partial charge in [-0.25, -0.2) is 0 Å². The van der Waals surface area contributed by atoms with E-state index in [2.05, 4.69) is 81.1 Å². The minimum Gasteiger partial charge on any atom is -0.311 e. The molecule has 0 radical (unpaired) electrons. The quantitative estimate of drug-likeness (QED) is 0.752. The highest BCUT2D eigenvalue weighted by Crippen LogP contribution is 2.39. The van der Waals surface area contributed by atoms with Crippen molar-refractivity contribution in [3.8, 4) is 0 Å². The molecule has 0 spiro atoms. The third-order valence-electron chi connectivity index (χ3n) is 5.59. The second-order valence-corrected chi connectivity index (χ2v) is 8.20. The third kappa shape index (κ3) is 4.66. The Morgan fingerprint density at radius 1 is 1.04 bits per heavy atom. The molecule has 1 aromatic heterocycles. The summed E-state index contributed by atoms with van der Waals surface area (Å²) in [6.45, 7) is 4.20. The summed E-state index contributed by atoms with van der Waals surface area (Å²) >= 11 is 0. The maximum absolute atomic E-state index is 4.63. The monoisotopic (exact) mass is 365 g/mol. The number of benzene rings is 1. The lowest BCUT2D eigenvalue weighted by molar-refractivity contribution is 0.226. The third-order valence-corrected chi connectivity index (χ3v) is 5.59. The van der Waals surface area contributed by atoms with Crippen molar-refractivity contribution in [2.24, 2.45) is 0 Å². The first-order valence-corrected chi connectivity index (χ1v) is 10.2. The molecule has 1 aliphatic heterocycles. The summed E-state index contributed by atoms with van der Waals surface area (Å²) < 4.78 is 2.47. The van der Waals surface area contributed by atoms with Gasteiger partial charge in [0.1, 0.15) is 11.6 Å². The van der Waals surface area contributed by atoms with Crippen LogP contribution in [0.25, 0.3) is 6.08 Å².